The fraction of sp³-hybridized carbons (Fsp3) is 0.875. The Morgan fingerprint density at radius 3 is 2.53 bits per heavy atom. The van der Waals surface area contributed by atoms with Crippen molar-refractivity contribution in [3.8, 4) is 0 Å². The van der Waals surface area contributed by atoms with Gasteiger partial charge in [0.25, 0.3) is 0 Å². The molecule has 0 radical (unpaired) electrons. The van der Waals surface area contributed by atoms with E-state index in [0.29, 0.717) is 0 Å². The van der Waals surface area contributed by atoms with Crippen molar-refractivity contribution >= 4 is 0 Å². The average molecular weight is 235 g/mol. The van der Waals surface area contributed by atoms with Gasteiger partial charge in [0.2, 0.25) is 0 Å². The summed E-state index contributed by atoms with van der Waals surface area (Å²) in [6, 6.07) is 0.815. The van der Waals surface area contributed by atoms with Gasteiger partial charge < -0.3 is 5.32 Å². The van der Waals surface area contributed by atoms with Crippen molar-refractivity contribution in [3.05, 3.63) is 11.6 Å². The van der Waals surface area contributed by atoms with Gasteiger partial charge in [-0.15, -0.1) is 0 Å². The summed E-state index contributed by atoms with van der Waals surface area (Å²) >= 11 is 0. The summed E-state index contributed by atoms with van der Waals surface area (Å²) < 4.78 is 0. The predicted octanol–water partition coefficient (Wildman–Crippen LogP) is 4.15. The molecule has 1 heteroatoms. The van der Waals surface area contributed by atoms with E-state index in [-0.39, 0.29) is 0 Å². The van der Waals surface area contributed by atoms with Crippen molar-refractivity contribution in [2.45, 2.75) is 65.3 Å². The summed E-state index contributed by atoms with van der Waals surface area (Å²) in [6.07, 6.45) is 10.9. The van der Waals surface area contributed by atoms with Crippen LogP contribution >= 0.6 is 0 Å². The molecule has 1 nitrogen and oxygen atoms in total. The molecule has 1 N–H and O–H groups in total. The normalized spacial score (nSPS) is 35.7. The van der Waals surface area contributed by atoms with Gasteiger partial charge in [-0.3, -0.25) is 0 Å². The lowest BCUT2D eigenvalue weighted by Gasteiger charge is -2.35. The third-order valence-electron chi connectivity index (χ3n) is 4.85. The van der Waals surface area contributed by atoms with Crippen molar-refractivity contribution < 1.29 is 0 Å². The van der Waals surface area contributed by atoms with Gasteiger partial charge in [0, 0.05) is 6.04 Å². The van der Waals surface area contributed by atoms with Crippen LogP contribution in [0.3, 0.4) is 0 Å². The second-order valence-electron chi connectivity index (χ2n) is 6.46. The lowest BCUT2D eigenvalue weighted by atomic mass is 9.75. The van der Waals surface area contributed by atoms with Gasteiger partial charge in [-0.2, -0.15) is 0 Å². The van der Waals surface area contributed by atoms with E-state index >= 15 is 0 Å². The molecule has 17 heavy (non-hydrogen) atoms. The molecular weight excluding hydrogens is 206 g/mol. The number of rotatable bonds is 3. The fourth-order valence-corrected chi connectivity index (χ4v) is 3.81. The van der Waals surface area contributed by atoms with E-state index in [4.69, 9.17) is 0 Å². The molecule has 0 aliphatic heterocycles. The minimum absolute atomic E-state index is 0.759. The minimum atomic E-state index is 0.759. The summed E-state index contributed by atoms with van der Waals surface area (Å²) in [6.45, 7) is 8.35. The lowest BCUT2D eigenvalue weighted by molar-refractivity contribution is 0.240. The molecule has 0 spiro atoms. The maximum atomic E-state index is 3.84. The average Bonchev–Trinajstić information content (AvgIpc) is 2.29. The van der Waals surface area contributed by atoms with Crippen molar-refractivity contribution in [1.29, 1.82) is 0 Å². The van der Waals surface area contributed by atoms with Gasteiger partial charge in [0.15, 0.2) is 0 Å². The molecular formula is C16H29N. The van der Waals surface area contributed by atoms with Crippen LogP contribution in [0, 0.1) is 17.8 Å². The second kappa shape index (κ2) is 6.04. The molecule has 1 saturated carbocycles. The van der Waals surface area contributed by atoms with E-state index in [2.05, 4.69) is 32.2 Å². The topological polar surface area (TPSA) is 12.0 Å². The first-order valence-corrected chi connectivity index (χ1v) is 7.57. The number of hydrogen-bond donors (Lipinski definition) is 1. The SMILES string of the molecule is CC1=C[C@@H](C)[C@H](CNC2CCCCC2)[C@H](C)C1. The highest BCUT2D eigenvalue weighted by atomic mass is 14.9. The zero-order chi connectivity index (χ0) is 12.3. The van der Waals surface area contributed by atoms with Gasteiger partial charge >= 0.3 is 0 Å². The largest absolute Gasteiger partial charge is 0.314 e. The van der Waals surface area contributed by atoms with Gasteiger partial charge in [-0.25, -0.2) is 0 Å². The van der Waals surface area contributed by atoms with Crippen LogP contribution in [0.4, 0.5) is 0 Å². The van der Waals surface area contributed by atoms with E-state index in [9.17, 15) is 0 Å². The predicted molar refractivity (Wildman–Crippen MR) is 75.1 cm³/mol. The molecule has 0 aromatic rings. The van der Waals surface area contributed by atoms with E-state index in [1.165, 1.54) is 45.1 Å². The molecule has 0 aromatic carbocycles. The van der Waals surface area contributed by atoms with Crippen LogP contribution in [0.2, 0.25) is 0 Å². The molecule has 1 fully saturated rings. The first-order valence-electron chi connectivity index (χ1n) is 7.57. The van der Waals surface area contributed by atoms with Gasteiger partial charge in [-0.1, -0.05) is 44.8 Å². The van der Waals surface area contributed by atoms with E-state index in [1.807, 2.05) is 0 Å². The minimum Gasteiger partial charge on any atom is -0.314 e. The van der Waals surface area contributed by atoms with Crippen molar-refractivity contribution in [2.75, 3.05) is 6.54 Å². The maximum absolute atomic E-state index is 3.84. The summed E-state index contributed by atoms with van der Waals surface area (Å²) in [5.41, 5.74) is 1.60. The Labute approximate surface area is 107 Å². The second-order valence-corrected chi connectivity index (χ2v) is 6.46. The Hall–Kier alpha value is -0.300. The molecule has 0 saturated heterocycles. The van der Waals surface area contributed by atoms with E-state index < -0.39 is 0 Å². The van der Waals surface area contributed by atoms with Crippen LogP contribution < -0.4 is 5.32 Å². The summed E-state index contributed by atoms with van der Waals surface area (Å²) in [5.74, 6) is 2.46. The molecule has 98 valence electrons. The summed E-state index contributed by atoms with van der Waals surface area (Å²) in [7, 11) is 0. The van der Waals surface area contributed by atoms with E-state index in [0.717, 1.165) is 23.8 Å². The third-order valence-corrected chi connectivity index (χ3v) is 4.85. The first-order chi connectivity index (χ1) is 8.16. The number of hydrogen-bond acceptors (Lipinski definition) is 1. The molecule has 0 unspecified atom stereocenters. The van der Waals surface area contributed by atoms with Crippen LogP contribution in [0.1, 0.15) is 59.3 Å². The van der Waals surface area contributed by atoms with Crippen LogP contribution in [0.25, 0.3) is 0 Å². The zero-order valence-electron chi connectivity index (χ0n) is 11.8. The van der Waals surface area contributed by atoms with Crippen molar-refractivity contribution in [1.82, 2.24) is 5.32 Å². The Kier molecular flexibility index (Phi) is 4.67. The Bertz CT molecular complexity index is 263. The molecule has 2 aliphatic carbocycles. The van der Waals surface area contributed by atoms with Crippen molar-refractivity contribution in [3.63, 3.8) is 0 Å². The highest BCUT2D eigenvalue weighted by Gasteiger charge is 2.27. The molecule has 3 atom stereocenters. The van der Waals surface area contributed by atoms with Crippen LogP contribution in [-0.4, -0.2) is 12.6 Å². The number of allylic oxidation sites excluding steroid dienone is 2. The van der Waals surface area contributed by atoms with Crippen LogP contribution in [0.15, 0.2) is 11.6 Å². The smallest absolute Gasteiger partial charge is 0.00671 e. The standard InChI is InChI=1S/C16H29N/c1-12-9-13(2)16(14(3)10-12)11-17-15-7-5-4-6-8-15/h9,13-17H,4-8,10-11H2,1-3H3/t13-,14-,16+/m1/s1. The van der Waals surface area contributed by atoms with Gasteiger partial charge in [0.05, 0.1) is 0 Å². The Morgan fingerprint density at radius 1 is 1.18 bits per heavy atom. The highest BCUT2D eigenvalue weighted by molar-refractivity contribution is 5.08. The number of nitrogens with one attached hydrogen (secondary N) is 1. The highest BCUT2D eigenvalue weighted by Crippen LogP contribution is 2.33. The molecule has 0 amide bonds. The third kappa shape index (κ3) is 3.58. The van der Waals surface area contributed by atoms with Crippen LogP contribution in [-0.2, 0) is 0 Å². The molecule has 0 heterocycles. The Morgan fingerprint density at radius 2 is 1.88 bits per heavy atom. The summed E-state index contributed by atoms with van der Waals surface area (Å²) in [4.78, 5) is 0. The molecule has 2 aliphatic rings. The monoisotopic (exact) mass is 235 g/mol. The first kappa shape index (κ1) is 13.1. The van der Waals surface area contributed by atoms with Crippen LogP contribution in [0.5, 0.6) is 0 Å². The molecule has 0 aromatic heterocycles. The van der Waals surface area contributed by atoms with E-state index in [1.54, 1.807) is 5.57 Å². The lowest BCUT2D eigenvalue weighted by Crippen LogP contribution is -2.39. The fourth-order valence-electron chi connectivity index (χ4n) is 3.81. The van der Waals surface area contributed by atoms with Crippen molar-refractivity contribution in [2.24, 2.45) is 17.8 Å². The quantitative estimate of drug-likeness (QED) is 0.725. The molecule has 2 rings (SSSR count). The zero-order valence-corrected chi connectivity index (χ0v) is 11.8. The molecule has 0 bridgehead atoms. The van der Waals surface area contributed by atoms with Gasteiger partial charge in [0.1, 0.15) is 0 Å². The summed E-state index contributed by atoms with van der Waals surface area (Å²) in [5, 5.41) is 3.84. The van der Waals surface area contributed by atoms with Gasteiger partial charge in [-0.05, 0) is 50.5 Å². The Balaban J connectivity index is 1.81. The maximum Gasteiger partial charge on any atom is 0.00671 e.